The molecule has 130 valence electrons. The normalized spacial score (nSPS) is 15.9. The molecular formula is C19H16N4O2S. The number of thiophene rings is 1. The van der Waals surface area contributed by atoms with Crippen molar-refractivity contribution in [2.75, 3.05) is 6.61 Å². The molecule has 1 aliphatic rings. The van der Waals surface area contributed by atoms with Crippen LogP contribution >= 0.6 is 11.3 Å². The van der Waals surface area contributed by atoms with Gasteiger partial charge in [-0.1, -0.05) is 12.1 Å². The third kappa shape index (κ3) is 2.61. The summed E-state index contributed by atoms with van der Waals surface area (Å²) in [4.78, 5) is 0. The summed E-state index contributed by atoms with van der Waals surface area (Å²) in [5, 5.41) is 21.0. The Labute approximate surface area is 154 Å². The molecule has 3 aromatic rings. The van der Waals surface area contributed by atoms with Gasteiger partial charge in [0.05, 0.1) is 23.8 Å². The van der Waals surface area contributed by atoms with E-state index < -0.39 is 0 Å². The van der Waals surface area contributed by atoms with Gasteiger partial charge in [0, 0.05) is 5.56 Å². The average molecular weight is 364 g/mol. The smallest absolute Gasteiger partial charge is 0.244 e. The van der Waals surface area contributed by atoms with Gasteiger partial charge in [-0.2, -0.15) is 16.6 Å². The van der Waals surface area contributed by atoms with Crippen molar-refractivity contribution in [2.24, 2.45) is 5.73 Å². The van der Waals surface area contributed by atoms with Crippen LogP contribution in [0.4, 0.5) is 0 Å². The molecule has 3 heterocycles. The zero-order valence-corrected chi connectivity index (χ0v) is 14.8. The number of ether oxygens (including phenoxy) is 2. The molecule has 0 fully saturated rings. The second-order valence-corrected chi connectivity index (χ2v) is 6.54. The van der Waals surface area contributed by atoms with Crippen LogP contribution in [0.3, 0.4) is 0 Å². The van der Waals surface area contributed by atoms with E-state index in [0.717, 1.165) is 28.1 Å². The molecule has 26 heavy (non-hydrogen) atoms. The largest absolute Gasteiger partial charge is 0.494 e. The van der Waals surface area contributed by atoms with Gasteiger partial charge in [-0.25, -0.2) is 0 Å². The fourth-order valence-electron chi connectivity index (χ4n) is 3.15. The van der Waals surface area contributed by atoms with Crippen molar-refractivity contribution in [1.29, 1.82) is 5.26 Å². The molecule has 0 spiro atoms. The van der Waals surface area contributed by atoms with Crippen molar-refractivity contribution in [1.82, 2.24) is 10.2 Å². The summed E-state index contributed by atoms with van der Waals surface area (Å²) in [7, 11) is 0. The van der Waals surface area contributed by atoms with E-state index >= 15 is 0 Å². The van der Waals surface area contributed by atoms with Crippen LogP contribution in [-0.2, 0) is 0 Å². The van der Waals surface area contributed by atoms with Gasteiger partial charge < -0.3 is 15.2 Å². The number of hydrogen-bond donors (Lipinski definition) is 2. The van der Waals surface area contributed by atoms with E-state index in [9.17, 15) is 5.26 Å². The van der Waals surface area contributed by atoms with Crippen molar-refractivity contribution in [3.05, 3.63) is 63.7 Å². The molecule has 0 saturated carbocycles. The number of nitriles is 1. The molecule has 1 aliphatic heterocycles. The van der Waals surface area contributed by atoms with Crippen LogP contribution < -0.4 is 15.2 Å². The fourth-order valence-corrected chi connectivity index (χ4v) is 3.83. The lowest BCUT2D eigenvalue weighted by atomic mass is 9.84. The number of aromatic nitrogens is 2. The summed E-state index contributed by atoms with van der Waals surface area (Å²) in [6.07, 6.45) is 0. The maximum atomic E-state index is 9.65. The van der Waals surface area contributed by atoms with Crippen LogP contribution in [0.1, 0.15) is 24.0 Å². The van der Waals surface area contributed by atoms with Gasteiger partial charge in [0.2, 0.25) is 11.8 Å². The second-order valence-electron chi connectivity index (χ2n) is 5.76. The zero-order valence-electron chi connectivity index (χ0n) is 14.0. The fraction of sp³-hybridized carbons (Fsp3) is 0.158. The molecule has 0 bridgehead atoms. The first kappa shape index (κ1) is 16.2. The van der Waals surface area contributed by atoms with Crippen LogP contribution in [0.5, 0.6) is 11.6 Å². The summed E-state index contributed by atoms with van der Waals surface area (Å²) < 4.78 is 11.2. The first-order valence-electron chi connectivity index (χ1n) is 8.14. The van der Waals surface area contributed by atoms with E-state index in [1.165, 1.54) is 0 Å². The molecule has 1 aromatic carbocycles. The van der Waals surface area contributed by atoms with Gasteiger partial charge in [0.25, 0.3) is 0 Å². The summed E-state index contributed by atoms with van der Waals surface area (Å²) in [6, 6.07) is 11.9. The maximum Gasteiger partial charge on any atom is 0.244 e. The topological polar surface area (TPSA) is 97.0 Å². The van der Waals surface area contributed by atoms with E-state index in [1.54, 1.807) is 11.3 Å². The van der Waals surface area contributed by atoms with Crippen molar-refractivity contribution in [3.63, 3.8) is 0 Å². The molecule has 0 saturated heterocycles. The van der Waals surface area contributed by atoms with E-state index in [-0.39, 0.29) is 11.8 Å². The van der Waals surface area contributed by atoms with Gasteiger partial charge in [-0.15, -0.1) is 5.10 Å². The number of benzene rings is 1. The predicted octanol–water partition coefficient (Wildman–Crippen LogP) is 3.76. The van der Waals surface area contributed by atoms with E-state index in [4.69, 9.17) is 15.2 Å². The minimum Gasteiger partial charge on any atom is -0.494 e. The third-order valence-electron chi connectivity index (χ3n) is 4.25. The summed E-state index contributed by atoms with van der Waals surface area (Å²) in [5.74, 6) is 0.944. The Morgan fingerprint density at radius 2 is 2.31 bits per heavy atom. The number of aromatic amines is 1. The molecule has 0 radical (unpaired) electrons. The number of rotatable bonds is 4. The van der Waals surface area contributed by atoms with Crippen LogP contribution in [0.15, 0.2) is 52.5 Å². The minimum atomic E-state index is -0.320. The summed E-state index contributed by atoms with van der Waals surface area (Å²) in [6.45, 7) is 2.53. The number of nitrogens with two attached hydrogens (primary N) is 1. The maximum absolute atomic E-state index is 9.65. The average Bonchev–Trinajstić information content (AvgIpc) is 3.31. The summed E-state index contributed by atoms with van der Waals surface area (Å²) in [5.41, 5.74) is 9.86. The molecule has 1 atom stereocenters. The van der Waals surface area contributed by atoms with Crippen molar-refractivity contribution >= 4 is 11.3 Å². The Hall–Kier alpha value is -3.24. The SMILES string of the molecule is CCOc1cccc(-c2[nH]nc3c2C(c2ccsc2)C(C#N)=C(N)O3)c1. The Morgan fingerprint density at radius 1 is 1.42 bits per heavy atom. The number of fused-ring (bicyclic) bond motifs is 1. The van der Waals surface area contributed by atoms with Gasteiger partial charge in [0.1, 0.15) is 17.4 Å². The van der Waals surface area contributed by atoms with Crippen LogP contribution in [0.2, 0.25) is 0 Å². The molecule has 3 N–H and O–H groups in total. The molecular weight excluding hydrogens is 348 g/mol. The highest BCUT2D eigenvalue weighted by molar-refractivity contribution is 7.08. The molecule has 7 heteroatoms. The zero-order chi connectivity index (χ0) is 18.1. The van der Waals surface area contributed by atoms with E-state index in [2.05, 4.69) is 16.3 Å². The van der Waals surface area contributed by atoms with Crippen LogP contribution in [-0.4, -0.2) is 16.8 Å². The van der Waals surface area contributed by atoms with Crippen LogP contribution in [0.25, 0.3) is 11.3 Å². The lowest BCUT2D eigenvalue weighted by Crippen LogP contribution is -2.20. The molecule has 0 amide bonds. The first-order chi connectivity index (χ1) is 12.7. The quantitative estimate of drug-likeness (QED) is 0.735. The van der Waals surface area contributed by atoms with Crippen molar-refractivity contribution < 1.29 is 9.47 Å². The Morgan fingerprint density at radius 3 is 3.04 bits per heavy atom. The monoisotopic (exact) mass is 364 g/mol. The van der Waals surface area contributed by atoms with Gasteiger partial charge in [0.15, 0.2) is 0 Å². The highest BCUT2D eigenvalue weighted by Crippen LogP contribution is 2.46. The van der Waals surface area contributed by atoms with Crippen molar-refractivity contribution in [3.8, 4) is 29.0 Å². The Bertz CT molecular complexity index is 1010. The highest BCUT2D eigenvalue weighted by Gasteiger charge is 2.35. The van der Waals surface area contributed by atoms with E-state index in [1.807, 2.05) is 48.0 Å². The number of nitrogens with one attached hydrogen (secondary N) is 1. The molecule has 2 aromatic heterocycles. The number of allylic oxidation sites excluding steroid dienone is 1. The lowest BCUT2D eigenvalue weighted by molar-refractivity contribution is 0.340. The van der Waals surface area contributed by atoms with Crippen LogP contribution in [0, 0.1) is 11.3 Å². The highest BCUT2D eigenvalue weighted by atomic mass is 32.1. The second kappa shape index (κ2) is 6.58. The Balaban J connectivity index is 1.89. The third-order valence-corrected chi connectivity index (χ3v) is 4.95. The van der Waals surface area contributed by atoms with Crippen molar-refractivity contribution in [2.45, 2.75) is 12.8 Å². The number of hydrogen-bond acceptors (Lipinski definition) is 6. The molecule has 4 rings (SSSR count). The molecule has 6 nitrogen and oxygen atoms in total. The number of H-pyrrole nitrogens is 1. The summed E-state index contributed by atoms with van der Waals surface area (Å²) >= 11 is 1.57. The van der Waals surface area contributed by atoms with E-state index in [0.29, 0.717) is 18.1 Å². The first-order valence-corrected chi connectivity index (χ1v) is 9.08. The van der Waals surface area contributed by atoms with Gasteiger partial charge in [-0.05, 0) is 41.4 Å². The standard InChI is InChI=1S/C19H16N4O2S/c1-2-24-13-5-3-4-11(8-13)17-16-15(12-6-7-26-10-12)14(9-20)18(21)25-19(16)23-22-17/h3-8,10,15H,2,21H2,1H3,(H,22,23). The van der Waals surface area contributed by atoms with Gasteiger partial charge >= 0.3 is 0 Å². The lowest BCUT2D eigenvalue weighted by Gasteiger charge is -2.23. The Kier molecular flexibility index (Phi) is 4.11. The molecule has 1 unspecified atom stereocenters. The van der Waals surface area contributed by atoms with Gasteiger partial charge in [-0.3, -0.25) is 5.10 Å². The molecule has 0 aliphatic carbocycles. The minimum absolute atomic E-state index is 0.0947. The predicted molar refractivity (Wildman–Crippen MR) is 98.8 cm³/mol. The number of nitrogens with zero attached hydrogens (tertiary/aromatic N) is 2.